The van der Waals surface area contributed by atoms with Crippen molar-refractivity contribution in [1.82, 2.24) is 15.1 Å². The van der Waals surface area contributed by atoms with Crippen LogP contribution in [0.3, 0.4) is 0 Å². The summed E-state index contributed by atoms with van der Waals surface area (Å²) in [5.41, 5.74) is 1.34. The summed E-state index contributed by atoms with van der Waals surface area (Å²) in [6.07, 6.45) is 3.42. The summed E-state index contributed by atoms with van der Waals surface area (Å²) in [5.74, 6) is 1.10. The summed E-state index contributed by atoms with van der Waals surface area (Å²) < 4.78 is 5.43. The number of nitrogens with one attached hydrogen (secondary N) is 1. The molecule has 2 amide bonds. The lowest BCUT2D eigenvalue weighted by molar-refractivity contribution is 0.0249. The van der Waals surface area contributed by atoms with Crippen molar-refractivity contribution in [2.75, 3.05) is 45.9 Å². The molecule has 3 atom stereocenters. The molecule has 0 aromatic heterocycles. The molecule has 3 fully saturated rings. The van der Waals surface area contributed by atoms with Crippen molar-refractivity contribution in [3.05, 3.63) is 35.9 Å². The fourth-order valence-corrected chi connectivity index (χ4v) is 4.22. The Kier molecular flexibility index (Phi) is 5.22. The predicted molar refractivity (Wildman–Crippen MR) is 97.7 cm³/mol. The van der Waals surface area contributed by atoms with E-state index in [-0.39, 0.29) is 6.03 Å². The molecule has 2 heterocycles. The molecule has 25 heavy (non-hydrogen) atoms. The number of hydrogen-bond acceptors (Lipinski definition) is 3. The Morgan fingerprint density at radius 1 is 1.16 bits per heavy atom. The Morgan fingerprint density at radius 3 is 2.76 bits per heavy atom. The standard InChI is InChI=1S/C20H29N3O2/c24-20(21-19-13-18(19)17-6-2-1-3-7-17)23-8-4-5-16(15-23)14-22-9-11-25-12-10-22/h1-3,6-7,16,18-19H,4-5,8-15H2,(H,21,24)/t16-,18-,19+/m0/s1. The van der Waals surface area contributed by atoms with Crippen LogP contribution < -0.4 is 5.32 Å². The van der Waals surface area contributed by atoms with E-state index in [0.717, 1.165) is 58.8 Å². The van der Waals surface area contributed by atoms with Gasteiger partial charge in [0, 0.05) is 44.7 Å². The average Bonchev–Trinajstić information content (AvgIpc) is 3.43. The molecule has 2 aliphatic heterocycles. The van der Waals surface area contributed by atoms with E-state index in [9.17, 15) is 4.79 Å². The molecule has 1 aromatic rings. The van der Waals surface area contributed by atoms with Crippen molar-refractivity contribution >= 4 is 6.03 Å². The van der Waals surface area contributed by atoms with E-state index >= 15 is 0 Å². The number of carbonyl (C=O) groups is 1. The van der Waals surface area contributed by atoms with E-state index in [1.807, 2.05) is 11.0 Å². The van der Waals surface area contributed by atoms with Crippen LogP contribution in [0.4, 0.5) is 4.79 Å². The SMILES string of the molecule is O=C(N[C@@H]1C[C@H]1c1ccccc1)N1CCC[C@@H](CN2CCOCC2)C1. The van der Waals surface area contributed by atoms with Gasteiger partial charge in [-0.1, -0.05) is 30.3 Å². The van der Waals surface area contributed by atoms with Gasteiger partial charge >= 0.3 is 6.03 Å². The lowest BCUT2D eigenvalue weighted by Crippen LogP contribution is -2.49. The zero-order valence-corrected chi connectivity index (χ0v) is 14.9. The zero-order chi connectivity index (χ0) is 17.1. The number of morpholine rings is 1. The van der Waals surface area contributed by atoms with Crippen LogP contribution in [0, 0.1) is 5.92 Å². The first-order chi connectivity index (χ1) is 12.3. The van der Waals surface area contributed by atoms with Crippen LogP contribution in [0.15, 0.2) is 30.3 Å². The van der Waals surface area contributed by atoms with Crippen molar-refractivity contribution in [1.29, 1.82) is 0 Å². The van der Waals surface area contributed by atoms with E-state index in [4.69, 9.17) is 4.74 Å². The van der Waals surface area contributed by atoms with Crippen molar-refractivity contribution in [2.24, 2.45) is 5.92 Å². The highest BCUT2D eigenvalue weighted by Gasteiger charge is 2.40. The fraction of sp³-hybridized carbons (Fsp3) is 0.650. The highest BCUT2D eigenvalue weighted by molar-refractivity contribution is 5.75. The molecule has 1 aromatic carbocycles. The Balaban J connectivity index is 1.24. The smallest absolute Gasteiger partial charge is 0.317 e. The summed E-state index contributed by atoms with van der Waals surface area (Å²) in [7, 11) is 0. The summed E-state index contributed by atoms with van der Waals surface area (Å²) in [6.45, 7) is 6.65. The van der Waals surface area contributed by atoms with Gasteiger partial charge < -0.3 is 15.0 Å². The third-order valence-electron chi connectivity index (χ3n) is 5.75. The molecule has 5 nitrogen and oxygen atoms in total. The molecular weight excluding hydrogens is 314 g/mol. The number of piperidine rings is 1. The number of hydrogen-bond donors (Lipinski definition) is 1. The van der Waals surface area contributed by atoms with E-state index in [1.165, 1.54) is 12.0 Å². The van der Waals surface area contributed by atoms with Crippen molar-refractivity contribution in [2.45, 2.75) is 31.2 Å². The number of carbonyl (C=O) groups excluding carboxylic acids is 1. The molecule has 0 bridgehead atoms. The Labute approximate surface area is 150 Å². The van der Waals surface area contributed by atoms with Gasteiger partial charge in [0.05, 0.1) is 13.2 Å². The summed E-state index contributed by atoms with van der Waals surface area (Å²) >= 11 is 0. The van der Waals surface area contributed by atoms with Crippen molar-refractivity contribution < 1.29 is 9.53 Å². The molecule has 136 valence electrons. The fourth-order valence-electron chi connectivity index (χ4n) is 4.22. The first-order valence-corrected chi connectivity index (χ1v) is 9.70. The van der Waals surface area contributed by atoms with Crippen molar-refractivity contribution in [3.63, 3.8) is 0 Å². The van der Waals surface area contributed by atoms with Gasteiger partial charge in [-0.3, -0.25) is 4.90 Å². The third-order valence-corrected chi connectivity index (χ3v) is 5.75. The summed E-state index contributed by atoms with van der Waals surface area (Å²) in [5, 5.41) is 3.25. The summed E-state index contributed by atoms with van der Waals surface area (Å²) in [6, 6.07) is 11.0. The van der Waals surface area contributed by atoms with Gasteiger partial charge in [-0.25, -0.2) is 4.79 Å². The highest BCUT2D eigenvalue weighted by Crippen LogP contribution is 2.40. The largest absolute Gasteiger partial charge is 0.379 e. The maximum absolute atomic E-state index is 12.6. The van der Waals surface area contributed by atoms with Crippen LogP contribution in [0.2, 0.25) is 0 Å². The molecule has 0 unspecified atom stereocenters. The zero-order valence-electron chi connectivity index (χ0n) is 14.9. The molecule has 5 heteroatoms. The molecule has 4 rings (SSSR count). The second-order valence-electron chi connectivity index (χ2n) is 7.68. The lowest BCUT2D eigenvalue weighted by atomic mass is 9.97. The molecule has 2 saturated heterocycles. The number of likely N-dealkylation sites (tertiary alicyclic amines) is 1. The molecule has 1 aliphatic carbocycles. The number of rotatable bonds is 4. The first kappa shape index (κ1) is 16.9. The number of urea groups is 1. The quantitative estimate of drug-likeness (QED) is 0.912. The lowest BCUT2D eigenvalue weighted by Gasteiger charge is -2.36. The van der Waals surface area contributed by atoms with Gasteiger partial charge in [0.1, 0.15) is 0 Å². The minimum absolute atomic E-state index is 0.134. The van der Waals surface area contributed by atoms with Crippen LogP contribution in [0.5, 0.6) is 0 Å². The van der Waals surface area contributed by atoms with Crippen LogP contribution in [-0.2, 0) is 4.74 Å². The second-order valence-corrected chi connectivity index (χ2v) is 7.68. The molecule has 0 spiro atoms. The van der Waals surface area contributed by atoms with Crippen molar-refractivity contribution in [3.8, 4) is 0 Å². The molecule has 0 radical (unpaired) electrons. The van der Waals surface area contributed by atoms with E-state index in [2.05, 4.69) is 34.5 Å². The molecule has 3 aliphatic rings. The van der Waals surface area contributed by atoms with E-state index in [1.54, 1.807) is 0 Å². The monoisotopic (exact) mass is 343 g/mol. The van der Waals surface area contributed by atoms with E-state index in [0.29, 0.717) is 17.9 Å². The minimum Gasteiger partial charge on any atom is -0.379 e. The normalized spacial score (nSPS) is 30.1. The van der Waals surface area contributed by atoms with Crippen LogP contribution in [-0.4, -0.2) is 67.8 Å². The predicted octanol–water partition coefficient (Wildman–Crippen LogP) is 2.30. The number of amides is 2. The Morgan fingerprint density at radius 2 is 1.96 bits per heavy atom. The Hall–Kier alpha value is -1.59. The highest BCUT2D eigenvalue weighted by atomic mass is 16.5. The van der Waals surface area contributed by atoms with Crippen LogP contribution >= 0.6 is 0 Å². The van der Waals surface area contributed by atoms with Crippen LogP contribution in [0.25, 0.3) is 0 Å². The van der Waals surface area contributed by atoms with E-state index < -0.39 is 0 Å². The number of ether oxygens (including phenoxy) is 1. The molecule has 1 saturated carbocycles. The second kappa shape index (κ2) is 7.75. The third kappa shape index (κ3) is 4.33. The van der Waals surface area contributed by atoms with Gasteiger partial charge in [0.25, 0.3) is 0 Å². The maximum Gasteiger partial charge on any atom is 0.317 e. The van der Waals surface area contributed by atoms with Gasteiger partial charge in [-0.2, -0.15) is 0 Å². The number of benzene rings is 1. The maximum atomic E-state index is 12.6. The number of nitrogens with zero attached hydrogens (tertiary/aromatic N) is 2. The minimum atomic E-state index is 0.134. The van der Waals surface area contributed by atoms with Gasteiger partial charge in [0.2, 0.25) is 0 Å². The average molecular weight is 343 g/mol. The van der Waals surface area contributed by atoms with Gasteiger partial charge in [-0.15, -0.1) is 0 Å². The first-order valence-electron chi connectivity index (χ1n) is 9.70. The Bertz CT molecular complexity index is 574. The topological polar surface area (TPSA) is 44.8 Å². The van der Waals surface area contributed by atoms with Gasteiger partial charge in [0.15, 0.2) is 0 Å². The molecular formula is C20H29N3O2. The molecule has 1 N–H and O–H groups in total. The summed E-state index contributed by atoms with van der Waals surface area (Å²) in [4.78, 5) is 17.2. The van der Waals surface area contributed by atoms with Gasteiger partial charge in [-0.05, 0) is 30.7 Å². The van der Waals surface area contributed by atoms with Crippen LogP contribution in [0.1, 0.15) is 30.7 Å².